The molecule has 1 aromatic carbocycles. The van der Waals surface area contributed by atoms with Crippen molar-refractivity contribution in [2.75, 3.05) is 13.1 Å². The first kappa shape index (κ1) is 16.0. The van der Waals surface area contributed by atoms with Gasteiger partial charge < -0.3 is 10.6 Å². The standard InChI is InChI=1S/C15H22N2O.ClH/c1-10-4-6-13(7-5-10)12(3)17-15(18)11(2)14-8-16-9-14;/h4-7,11-12,14,16H,8-9H2,1-3H3,(H,17,18);1H. The van der Waals surface area contributed by atoms with Gasteiger partial charge in [-0.05, 0) is 38.4 Å². The van der Waals surface area contributed by atoms with E-state index in [2.05, 4.69) is 41.8 Å². The summed E-state index contributed by atoms with van der Waals surface area (Å²) in [6, 6.07) is 8.40. The minimum absolute atomic E-state index is 0. The van der Waals surface area contributed by atoms with Crippen LogP contribution in [0.4, 0.5) is 0 Å². The number of rotatable bonds is 4. The van der Waals surface area contributed by atoms with E-state index in [4.69, 9.17) is 0 Å². The third-order valence-corrected chi connectivity index (χ3v) is 3.87. The van der Waals surface area contributed by atoms with Crippen molar-refractivity contribution in [1.82, 2.24) is 10.6 Å². The second kappa shape index (κ2) is 6.92. The smallest absolute Gasteiger partial charge is 0.223 e. The fourth-order valence-electron chi connectivity index (χ4n) is 2.16. The topological polar surface area (TPSA) is 41.1 Å². The summed E-state index contributed by atoms with van der Waals surface area (Å²) in [5.74, 6) is 0.754. The maximum Gasteiger partial charge on any atom is 0.223 e. The average Bonchev–Trinajstić information content (AvgIpc) is 2.27. The number of hydrogen-bond donors (Lipinski definition) is 2. The highest BCUT2D eigenvalue weighted by molar-refractivity contribution is 5.85. The van der Waals surface area contributed by atoms with Gasteiger partial charge in [0.25, 0.3) is 0 Å². The van der Waals surface area contributed by atoms with Gasteiger partial charge >= 0.3 is 0 Å². The van der Waals surface area contributed by atoms with Crippen LogP contribution < -0.4 is 10.6 Å². The van der Waals surface area contributed by atoms with Crippen molar-refractivity contribution < 1.29 is 4.79 Å². The monoisotopic (exact) mass is 282 g/mol. The molecule has 1 heterocycles. The molecule has 0 aliphatic carbocycles. The van der Waals surface area contributed by atoms with Crippen LogP contribution in [-0.2, 0) is 4.79 Å². The number of carbonyl (C=O) groups excluding carboxylic acids is 1. The highest BCUT2D eigenvalue weighted by Crippen LogP contribution is 2.18. The summed E-state index contributed by atoms with van der Waals surface area (Å²) in [6.45, 7) is 8.05. The van der Waals surface area contributed by atoms with E-state index in [-0.39, 0.29) is 30.3 Å². The molecule has 1 aliphatic rings. The zero-order chi connectivity index (χ0) is 13.1. The predicted octanol–water partition coefficient (Wildman–Crippen LogP) is 2.45. The second-order valence-corrected chi connectivity index (χ2v) is 5.35. The Morgan fingerprint density at radius 2 is 1.84 bits per heavy atom. The molecule has 2 atom stereocenters. The van der Waals surface area contributed by atoms with Crippen LogP contribution in [-0.4, -0.2) is 19.0 Å². The lowest BCUT2D eigenvalue weighted by atomic mass is 9.88. The second-order valence-electron chi connectivity index (χ2n) is 5.35. The fraction of sp³-hybridized carbons (Fsp3) is 0.533. The summed E-state index contributed by atoms with van der Waals surface area (Å²) in [5, 5.41) is 6.31. The van der Waals surface area contributed by atoms with Crippen LogP contribution in [0, 0.1) is 18.8 Å². The van der Waals surface area contributed by atoms with E-state index < -0.39 is 0 Å². The molecule has 2 unspecified atom stereocenters. The van der Waals surface area contributed by atoms with Crippen molar-refractivity contribution in [3.05, 3.63) is 35.4 Å². The van der Waals surface area contributed by atoms with Crippen molar-refractivity contribution in [2.45, 2.75) is 26.8 Å². The van der Waals surface area contributed by atoms with Gasteiger partial charge in [0, 0.05) is 5.92 Å². The molecule has 0 bridgehead atoms. The quantitative estimate of drug-likeness (QED) is 0.891. The van der Waals surface area contributed by atoms with Crippen LogP contribution in [0.15, 0.2) is 24.3 Å². The van der Waals surface area contributed by atoms with E-state index in [0.717, 1.165) is 18.7 Å². The number of halogens is 1. The van der Waals surface area contributed by atoms with Crippen LogP contribution in [0.3, 0.4) is 0 Å². The number of hydrogen-bond acceptors (Lipinski definition) is 2. The molecule has 106 valence electrons. The van der Waals surface area contributed by atoms with Gasteiger partial charge in [-0.3, -0.25) is 4.79 Å². The summed E-state index contributed by atoms with van der Waals surface area (Å²) in [6.07, 6.45) is 0. The molecule has 19 heavy (non-hydrogen) atoms. The molecule has 0 aromatic heterocycles. The fourth-order valence-corrected chi connectivity index (χ4v) is 2.16. The van der Waals surface area contributed by atoms with E-state index >= 15 is 0 Å². The lowest BCUT2D eigenvalue weighted by Crippen LogP contribution is -2.49. The Kier molecular flexibility index (Phi) is 5.83. The first-order valence-corrected chi connectivity index (χ1v) is 6.65. The lowest BCUT2D eigenvalue weighted by Gasteiger charge is -2.32. The van der Waals surface area contributed by atoms with Crippen molar-refractivity contribution in [3.8, 4) is 0 Å². The third-order valence-electron chi connectivity index (χ3n) is 3.87. The van der Waals surface area contributed by atoms with Gasteiger partial charge in [-0.25, -0.2) is 0 Å². The Morgan fingerprint density at radius 1 is 1.26 bits per heavy atom. The summed E-state index contributed by atoms with van der Waals surface area (Å²) in [7, 11) is 0. The van der Waals surface area contributed by atoms with E-state index in [1.165, 1.54) is 5.56 Å². The zero-order valence-corrected chi connectivity index (χ0v) is 12.6. The average molecular weight is 283 g/mol. The first-order chi connectivity index (χ1) is 8.58. The van der Waals surface area contributed by atoms with E-state index in [0.29, 0.717) is 5.92 Å². The van der Waals surface area contributed by atoms with Crippen LogP contribution in [0.1, 0.15) is 31.0 Å². The molecule has 1 amide bonds. The van der Waals surface area contributed by atoms with Crippen LogP contribution >= 0.6 is 12.4 Å². The molecule has 2 N–H and O–H groups in total. The molecule has 2 rings (SSSR count). The molecular weight excluding hydrogens is 260 g/mol. The molecule has 1 aliphatic heterocycles. The van der Waals surface area contributed by atoms with Gasteiger partial charge in [0.1, 0.15) is 0 Å². The minimum atomic E-state index is 0. The summed E-state index contributed by atoms with van der Waals surface area (Å²) in [4.78, 5) is 12.1. The highest BCUT2D eigenvalue weighted by atomic mass is 35.5. The zero-order valence-electron chi connectivity index (χ0n) is 11.8. The Hall–Kier alpha value is -1.06. The Bertz CT molecular complexity index is 415. The van der Waals surface area contributed by atoms with Crippen molar-refractivity contribution in [1.29, 1.82) is 0 Å². The SMILES string of the molecule is Cc1ccc(C(C)NC(=O)C(C)C2CNC2)cc1.Cl. The summed E-state index contributed by atoms with van der Waals surface area (Å²) in [5.41, 5.74) is 2.40. The van der Waals surface area contributed by atoms with Gasteiger partial charge in [-0.1, -0.05) is 36.8 Å². The van der Waals surface area contributed by atoms with Crippen molar-refractivity contribution >= 4 is 18.3 Å². The van der Waals surface area contributed by atoms with Gasteiger partial charge in [-0.2, -0.15) is 0 Å². The Morgan fingerprint density at radius 3 is 2.32 bits per heavy atom. The molecule has 1 fully saturated rings. The highest BCUT2D eigenvalue weighted by Gasteiger charge is 2.29. The van der Waals surface area contributed by atoms with Crippen LogP contribution in [0.25, 0.3) is 0 Å². The van der Waals surface area contributed by atoms with E-state index in [9.17, 15) is 4.79 Å². The maximum atomic E-state index is 12.1. The molecule has 1 aromatic rings. The number of nitrogens with one attached hydrogen (secondary N) is 2. The van der Waals surface area contributed by atoms with Gasteiger partial charge in [0.15, 0.2) is 0 Å². The molecule has 3 nitrogen and oxygen atoms in total. The number of amides is 1. The van der Waals surface area contributed by atoms with Gasteiger partial charge in [-0.15, -0.1) is 12.4 Å². The number of aryl methyl sites for hydroxylation is 1. The maximum absolute atomic E-state index is 12.1. The van der Waals surface area contributed by atoms with E-state index in [1.807, 2.05) is 13.8 Å². The third kappa shape index (κ3) is 3.95. The first-order valence-electron chi connectivity index (χ1n) is 6.65. The van der Waals surface area contributed by atoms with E-state index in [1.54, 1.807) is 0 Å². The number of carbonyl (C=O) groups is 1. The Labute approximate surface area is 121 Å². The minimum Gasteiger partial charge on any atom is -0.349 e. The lowest BCUT2D eigenvalue weighted by molar-refractivity contribution is -0.127. The predicted molar refractivity (Wildman–Crippen MR) is 80.5 cm³/mol. The van der Waals surface area contributed by atoms with Gasteiger partial charge in [0.2, 0.25) is 5.91 Å². The Balaban J connectivity index is 0.00000180. The molecular formula is C15H23ClN2O. The van der Waals surface area contributed by atoms with Crippen LogP contribution in [0.5, 0.6) is 0 Å². The molecule has 0 spiro atoms. The molecule has 4 heteroatoms. The normalized spacial score (nSPS) is 17.8. The molecule has 0 saturated carbocycles. The van der Waals surface area contributed by atoms with Crippen molar-refractivity contribution in [2.24, 2.45) is 11.8 Å². The van der Waals surface area contributed by atoms with Gasteiger partial charge in [0.05, 0.1) is 6.04 Å². The summed E-state index contributed by atoms with van der Waals surface area (Å²) < 4.78 is 0. The molecule has 0 radical (unpaired) electrons. The molecule has 1 saturated heterocycles. The summed E-state index contributed by atoms with van der Waals surface area (Å²) >= 11 is 0. The largest absolute Gasteiger partial charge is 0.349 e. The van der Waals surface area contributed by atoms with Crippen LogP contribution in [0.2, 0.25) is 0 Å². The van der Waals surface area contributed by atoms with Crippen molar-refractivity contribution in [3.63, 3.8) is 0 Å². The number of benzene rings is 1.